The van der Waals surface area contributed by atoms with E-state index in [0.29, 0.717) is 27.8 Å². The molecule has 4 fully saturated rings. The molecule has 4 saturated heterocycles. The van der Waals surface area contributed by atoms with Crippen LogP contribution in [0.4, 0.5) is 11.6 Å². The van der Waals surface area contributed by atoms with Crippen LogP contribution in [0.15, 0.2) is 24.5 Å². The van der Waals surface area contributed by atoms with Gasteiger partial charge in [0.05, 0.1) is 7.11 Å². The van der Waals surface area contributed by atoms with E-state index in [1.165, 1.54) is 7.11 Å². The van der Waals surface area contributed by atoms with Crippen LogP contribution in [0.1, 0.15) is 71.4 Å². The number of carboxylic acid groups (broad SMARTS) is 1. The van der Waals surface area contributed by atoms with E-state index >= 15 is 0 Å². The summed E-state index contributed by atoms with van der Waals surface area (Å²) in [6.07, 6.45) is 9.65. The topological polar surface area (TPSA) is 144 Å². The van der Waals surface area contributed by atoms with Crippen molar-refractivity contribution in [1.82, 2.24) is 9.97 Å². The molecule has 2 aromatic rings. The molecule has 0 bridgehead atoms. The number of carbonyl (C=O) groups is 2. The second-order valence-electron chi connectivity index (χ2n) is 11.9. The Morgan fingerprint density at radius 2 is 1.21 bits per heavy atom. The van der Waals surface area contributed by atoms with E-state index in [1.54, 1.807) is 12.3 Å². The zero-order valence-electron chi connectivity index (χ0n) is 25.9. The number of esters is 1. The predicted molar refractivity (Wildman–Crippen MR) is 157 cm³/mol. The number of hydrogen-bond donors (Lipinski definition) is 1. The van der Waals surface area contributed by atoms with Crippen molar-refractivity contribution in [3.05, 3.63) is 46.8 Å². The molecule has 0 saturated carbocycles. The van der Waals surface area contributed by atoms with Gasteiger partial charge in [-0.1, -0.05) is 13.8 Å². The molecule has 0 radical (unpaired) electrons. The molecule has 2 spiro atoms. The van der Waals surface area contributed by atoms with Crippen LogP contribution in [0.3, 0.4) is 0 Å². The number of methoxy groups -OCH3 is 1. The normalized spacial score (nSPS) is 19.5. The van der Waals surface area contributed by atoms with Gasteiger partial charge >= 0.3 is 30.8 Å². The second-order valence-corrected chi connectivity index (χ2v) is 11.9. The first-order valence-corrected chi connectivity index (χ1v) is 14.8. The predicted octanol–water partition coefficient (Wildman–Crippen LogP) is 0.834. The third kappa shape index (κ3) is 7.52. The van der Waals surface area contributed by atoms with E-state index in [0.717, 1.165) is 108 Å². The fourth-order valence-electron chi connectivity index (χ4n) is 6.38. The van der Waals surface area contributed by atoms with Gasteiger partial charge in [-0.3, -0.25) is 0 Å². The molecule has 6 rings (SSSR count). The molecule has 0 atom stereocenters. The van der Waals surface area contributed by atoms with Crippen LogP contribution in [0, 0.1) is 10.8 Å². The number of rotatable bonds is 6. The number of nitrogens with zero attached hydrogens (tertiary/aromatic N) is 4. The molecule has 6 heterocycles. The Balaban J connectivity index is 0.000000225. The summed E-state index contributed by atoms with van der Waals surface area (Å²) in [4.78, 5) is 36.6. The van der Waals surface area contributed by atoms with Gasteiger partial charge in [0, 0.05) is 75.8 Å². The molecule has 230 valence electrons. The molecule has 0 unspecified atom stereocenters. The zero-order chi connectivity index (χ0) is 29.0. The largest absolute Gasteiger partial charge is 1.00 e. The minimum atomic E-state index is -0.893. The minimum Gasteiger partial charge on any atom is -0.870 e. The van der Waals surface area contributed by atoms with Crippen molar-refractivity contribution < 1.29 is 53.2 Å². The molecular weight excluding hydrogens is 547 g/mol. The molecule has 0 aliphatic carbocycles. The molecule has 43 heavy (non-hydrogen) atoms. The summed E-state index contributed by atoms with van der Waals surface area (Å²) in [7, 11) is 1.42. The maximum atomic E-state index is 12.0. The number of pyridine rings is 2. The van der Waals surface area contributed by atoms with Crippen LogP contribution >= 0.6 is 0 Å². The number of aromatic nitrogens is 2. The third-order valence-corrected chi connectivity index (χ3v) is 9.11. The Kier molecular flexibility index (Phi) is 12.0. The zero-order valence-corrected chi connectivity index (χ0v) is 25.9. The van der Waals surface area contributed by atoms with Gasteiger partial charge < -0.3 is 34.6 Å². The minimum absolute atomic E-state index is 0. The van der Waals surface area contributed by atoms with Crippen LogP contribution in [0.5, 0.6) is 0 Å². The summed E-state index contributed by atoms with van der Waals surface area (Å²) >= 11 is 0. The number of anilines is 2. The smallest absolute Gasteiger partial charge is 0.870 e. The Bertz CT molecular complexity index is 1250. The van der Waals surface area contributed by atoms with Gasteiger partial charge in [-0.2, -0.15) is 0 Å². The SMILES string of the molecule is CCc1cnc(N2CC3(CCOCC3)C2)c(C(=O)O)c1.CCc1cnc(N2CC3(CCOCC3)C2)c(C(=O)OC)c1.[Li+].[OH-]. The van der Waals surface area contributed by atoms with Gasteiger partial charge in [0.1, 0.15) is 22.8 Å². The number of hydrogen-bond acceptors (Lipinski definition) is 10. The van der Waals surface area contributed by atoms with E-state index in [1.807, 2.05) is 19.2 Å². The summed E-state index contributed by atoms with van der Waals surface area (Å²) in [5, 5.41) is 9.37. The summed E-state index contributed by atoms with van der Waals surface area (Å²) in [5.41, 5.74) is 3.61. The summed E-state index contributed by atoms with van der Waals surface area (Å²) < 4.78 is 15.8. The average molecular weight is 591 g/mol. The summed E-state index contributed by atoms with van der Waals surface area (Å²) in [5.74, 6) is 0.180. The van der Waals surface area contributed by atoms with Crippen LogP contribution in [0.2, 0.25) is 0 Å². The van der Waals surface area contributed by atoms with Gasteiger partial charge in [0.25, 0.3) is 0 Å². The van der Waals surface area contributed by atoms with Crippen molar-refractivity contribution in [2.75, 3.05) is 69.5 Å². The third-order valence-electron chi connectivity index (χ3n) is 9.11. The first-order valence-electron chi connectivity index (χ1n) is 14.8. The van der Waals surface area contributed by atoms with Gasteiger partial charge in [0.15, 0.2) is 0 Å². The van der Waals surface area contributed by atoms with Gasteiger partial charge in [0.2, 0.25) is 0 Å². The molecule has 12 heteroatoms. The van der Waals surface area contributed by atoms with E-state index in [2.05, 4.69) is 26.7 Å². The molecule has 0 aromatic carbocycles. The molecule has 4 aliphatic heterocycles. The summed E-state index contributed by atoms with van der Waals surface area (Å²) in [6, 6.07) is 3.66. The quantitative estimate of drug-likeness (QED) is 0.377. The first-order chi connectivity index (χ1) is 19.8. The number of ether oxygens (including phenoxy) is 3. The Hall–Kier alpha value is -2.68. The van der Waals surface area contributed by atoms with Crippen molar-refractivity contribution in [2.45, 2.75) is 52.4 Å². The molecular formula is C31H43LiN4O7. The van der Waals surface area contributed by atoms with Gasteiger partial charge in [-0.25, -0.2) is 19.6 Å². The standard InChI is InChI=1S/C16H22N2O3.C15H20N2O3.Li.H2O/c1-3-12-8-13(15(19)20-2)14(17-9-12)18-10-16(11-18)4-6-21-7-5-16;1-2-11-7-12(14(18)19)13(16-8-11)17-9-15(10-17)3-5-20-6-4-15;;/h8-9H,3-7,10-11H2,1-2H3;7-8H,2-6,9-10H2,1H3,(H,18,19);;1H2/q;;+1;/p-1. The fraction of sp³-hybridized carbons (Fsp3) is 0.613. The van der Waals surface area contributed by atoms with Crippen LogP contribution in [-0.4, -0.2) is 92.2 Å². The van der Waals surface area contributed by atoms with E-state index in [9.17, 15) is 14.7 Å². The average Bonchev–Trinajstić information content (AvgIpc) is 2.98. The second kappa shape index (κ2) is 14.9. The Morgan fingerprint density at radius 1 is 0.814 bits per heavy atom. The van der Waals surface area contributed by atoms with E-state index < -0.39 is 5.97 Å². The first kappa shape index (κ1) is 34.8. The fourth-order valence-corrected chi connectivity index (χ4v) is 6.38. The maximum absolute atomic E-state index is 12.0. The van der Waals surface area contributed by atoms with Crippen molar-refractivity contribution in [2.24, 2.45) is 10.8 Å². The van der Waals surface area contributed by atoms with Gasteiger partial charge in [-0.15, -0.1) is 0 Å². The summed E-state index contributed by atoms with van der Waals surface area (Å²) in [6.45, 7) is 11.1. The number of aromatic carboxylic acids is 1. The molecule has 2 aromatic heterocycles. The number of aryl methyl sites for hydroxylation is 2. The number of carboxylic acids is 1. The van der Waals surface area contributed by atoms with E-state index in [-0.39, 0.29) is 30.3 Å². The van der Waals surface area contributed by atoms with Crippen molar-refractivity contribution >= 4 is 23.6 Å². The van der Waals surface area contributed by atoms with Crippen LogP contribution in [-0.2, 0) is 27.1 Å². The molecule has 4 aliphatic rings. The molecule has 2 N–H and O–H groups in total. The van der Waals surface area contributed by atoms with Crippen molar-refractivity contribution in [3.63, 3.8) is 0 Å². The molecule has 0 amide bonds. The Labute approximate surface area is 265 Å². The van der Waals surface area contributed by atoms with Gasteiger partial charge in [-0.05, 0) is 61.8 Å². The number of carbonyl (C=O) groups excluding carboxylic acids is 1. The van der Waals surface area contributed by atoms with Crippen LogP contribution in [0.25, 0.3) is 0 Å². The Morgan fingerprint density at radius 3 is 1.58 bits per heavy atom. The van der Waals surface area contributed by atoms with Crippen molar-refractivity contribution in [1.29, 1.82) is 0 Å². The van der Waals surface area contributed by atoms with Crippen molar-refractivity contribution in [3.8, 4) is 0 Å². The molecule has 11 nitrogen and oxygen atoms in total. The maximum Gasteiger partial charge on any atom is 1.00 e. The van der Waals surface area contributed by atoms with E-state index in [4.69, 9.17) is 14.2 Å². The monoisotopic (exact) mass is 590 g/mol. The van der Waals surface area contributed by atoms with Crippen LogP contribution < -0.4 is 28.7 Å².